The number of aliphatic hydroxyl groups is 1. The van der Waals surface area contributed by atoms with E-state index in [9.17, 15) is 5.11 Å². The zero-order valence-corrected chi connectivity index (χ0v) is 10.9. The largest absolute Gasteiger partial charge is 0.491 e. The van der Waals surface area contributed by atoms with Crippen LogP contribution in [-0.2, 0) is 5.41 Å². The highest BCUT2D eigenvalue weighted by molar-refractivity contribution is 5.41. The molecule has 2 heteroatoms. The number of benzene rings is 1. The Morgan fingerprint density at radius 1 is 1.31 bits per heavy atom. The smallest absolute Gasteiger partial charge is 0.123 e. The van der Waals surface area contributed by atoms with Crippen molar-refractivity contribution in [1.29, 1.82) is 0 Å². The second-order valence-electron chi connectivity index (χ2n) is 5.41. The standard InChI is InChI=1S/C14H22O2/c1-10-6-7-12(14(3,4)5)13(8-10)16-9-11(2)15/h6-8,11,15H,9H2,1-5H3/t11-/m1/s1. The Morgan fingerprint density at radius 2 is 1.94 bits per heavy atom. The van der Waals surface area contributed by atoms with Crippen LogP contribution in [-0.4, -0.2) is 17.8 Å². The lowest BCUT2D eigenvalue weighted by molar-refractivity contribution is 0.121. The van der Waals surface area contributed by atoms with E-state index in [1.807, 2.05) is 13.0 Å². The first kappa shape index (κ1) is 13.0. The Morgan fingerprint density at radius 3 is 2.44 bits per heavy atom. The first-order valence-corrected chi connectivity index (χ1v) is 5.72. The zero-order valence-electron chi connectivity index (χ0n) is 10.9. The van der Waals surface area contributed by atoms with Gasteiger partial charge in [0.05, 0.1) is 6.10 Å². The summed E-state index contributed by atoms with van der Waals surface area (Å²) in [6.45, 7) is 10.6. The molecule has 0 aliphatic rings. The van der Waals surface area contributed by atoms with Gasteiger partial charge in [0.15, 0.2) is 0 Å². The molecule has 1 aromatic rings. The van der Waals surface area contributed by atoms with Gasteiger partial charge >= 0.3 is 0 Å². The van der Waals surface area contributed by atoms with Gasteiger partial charge in [-0.2, -0.15) is 0 Å². The summed E-state index contributed by atoms with van der Waals surface area (Å²) < 4.78 is 5.66. The summed E-state index contributed by atoms with van der Waals surface area (Å²) in [7, 11) is 0. The van der Waals surface area contributed by atoms with Gasteiger partial charge in [0.1, 0.15) is 12.4 Å². The predicted octanol–water partition coefficient (Wildman–Crippen LogP) is 3.05. The second kappa shape index (κ2) is 4.88. The molecule has 0 aliphatic heterocycles. The predicted molar refractivity (Wildman–Crippen MR) is 67.1 cm³/mol. The van der Waals surface area contributed by atoms with Crippen molar-refractivity contribution in [2.45, 2.75) is 46.1 Å². The van der Waals surface area contributed by atoms with Gasteiger partial charge in [-0.15, -0.1) is 0 Å². The molecule has 0 radical (unpaired) electrons. The van der Waals surface area contributed by atoms with Crippen LogP contribution in [0.5, 0.6) is 5.75 Å². The van der Waals surface area contributed by atoms with Crippen LogP contribution in [0.1, 0.15) is 38.8 Å². The molecule has 90 valence electrons. The minimum Gasteiger partial charge on any atom is -0.491 e. The van der Waals surface area contributed by atoms with Crippen molar-refractivity contribution in [1.82, 2.24) is 0 Å². The highest BCUT2D eigenvalue weighted by atomic mass is 16.5. The highest BCUT2D eigenvalue weighted by Gasteiger charge is 2.19. The molecule has 16 heavy (non-hydrogen) atoms. The van der Waals surface area contributed by atoms with E-state index in [0.29, 0.717) is 6.61 Å². The molecule has 0 aromatic heterocycles. The van der Waals surface area contributed by atoms with Gasteiger partial charge in [-0.1, -0.05) is 32.9 Å². The molecule has 0 amide bonds. The van der Waals surface area contributed by atoms with Crippen LogP contribution in [0, 0.1) is 6.92 Å². The van der Waals surface area contributed by atoms with Gasteiger partial charge in [-0.3, -0.25) is 0 Å². The van der Waals surface area contributed by atoms with Crippen molar-refractivity contribution in [2.24, 2.45) is 0 Å². The van der Waals surface area contributed by atoms with Crippen LogP contribution in [0.15, 0.2) is 18.2 Å². The maximum Gasteiger partial charge on any atom is 0.123 e. The maximum atomic E-state index is 9.25. The SMILES string of the molecule is Cc1ccc(C(C)(C)C)c(OC[C@@H](C)O)c1. The van der Waals surface area contributed by atoms with Gasteiger partial charge < -0.3 is 9.84 Å². The summed E-state index contributed by atoms with van der Waals surface area (Å²) >= 11 is 0. The number of ether oxygens (including phenoxy) is 1. The van der Waals surface area contributed by atoms with Crippen molar-refractivity contribution < 1.29 is 9.84 Å². The molecule has 0 saturated heterocycles. The normalized spacial score (nSPS) is 13.6. The first-order valence-electron chi connectivity index (χ1n) is 5.72. The topological polar surface area (TPSA) is 29.5 Å². The lowest BCUT2D eigenvalue weighted by Crippen LogP contribution is -2.17. The summed E-state index contributed by atoms with van der Waals surface area (Å²) in [5.41, 5.74) is 2.41. The lowest BCUT2D eigenvalue weighted by Gasteiger charge is -2.23. The number of hydrogen-bond acceptors (Lipinski definition) is 2. The zero-order chi connectivity index (χ0) is 12.3. The average molecular weight is 222 g/mol. The molecule has 1 N–H and O–H groups in total. The van der Waals surface area contributed by atoms with Gasteiger partial charge in [0.2, 0.25) is 0 Å². The van der Waals surface area contributed by atoms with Crippen molar-refractivity contribution in [2.75, 3.05) is 6.61 Å². The fourth-order valence-electron chi connectivity index (χ4n) is 1.58. The fraction of sp³-hybridized carbons (Fsp3) is 0.571. The summed E-state index contributed by atoms with van der Waals surface area (Å²) in [6, 6.07) is 6.23. The molecule has 2 nitrogen and oxygen atoms in total. The molecular formula is C14H22O2. The third-order valence-corrected chi connectivity index (χ3v) is 2.43. The molecule has 1 atom stereocenters. The molecule has 0 fully saturated rings. The van der Waals surface area contributed by atoms with E-state index in [1.165, 1.54) is 11.1 Å². The van der Waals surface area contributed by atoms with Gasteiger partial charge in [0.25, 0.3) is 0 Å². The minimum atomic E-state index is -0.437. The van der Waals surface area contributed by atoms with E-state index >= 15 is 0 Å². The molecule has 0 aliphatic carbocycles. The Hall–Kier alpha value is -1.02. The number of aryl methyl sites for hydroxylation is 1. The van der Waals surface area contributed by atoms with Crippen LogP contribution >= 0.6 is 0 Å². The number of rotatable bonds is 3. The molecule has 0 saturated carbocycles. The van der Waals surface area contributed by atoms with Gasteiger partial charge in [0, 0.05) is 0 Å². The molecular weight excluding hydrogens is 200 g/mol. The summed E-state index contributed by atoms with van der Waals surface area (Å²) in [6.07, 6.45) is -0.437. The van der Waals surface area contributed by atoms with Crippen LogP contribution in [0.3, 0.4) is 0 Å². The highest BCUT2D eigenvalue weighted by Crippen LogP contribution is 2.32. The average Bonchev–Trinajstić information content (AvgIpc) is 2.12. The summed E-state index contributed by atoms with van der Waals surface area (Å²) in [5.74, 6) is 0.883. The van der Waals surface area contributed by atoms with E-state index in [-0.39, 0.29) is 5.41 Å². The third-order valence-electron chi connectivity index (χ3n) is 2.43. The van der Waals surface area contributed by atoms with Gasteiger partial charge in [-0.05, 0) is 36.5 Å². The Kier molecular flexibility index (Phi) is 3.98. The molecule has 1 rings (SSSR count). The minimum absolute atomic E-state index is 0.0573. The Labute approximate surface area is 98.3 Å². The van der Waals surface area contributed by atoms with Crippen LogP contribution < -0.4 is 4.74 Å². The first-order chi connectivity index (χ1) is 7.30. The Balaban J connectivity index is 2.99. The second-order valence-corrected chi connectivity index (χ2v) is 5.41. The van der Waals surface area contributed by atoms with E-state index in [1.54, 1.807) is 6.92 Å². The third kappa shape index (κ3) is 3.53. The molecule has 0 bridgehead atoms. The summed E-state index contributed by atoms with van der Waals surface area (Å²) in [4.78, 5) is 0. The van der Waals surface area contributed by atoms with Gasteiger partial charge in [-0.25, -0.2) is 0 Å². The maximum absolute atomic E-state index is 9.25. The monoisotopic (exact) mass is 222 g/mol. The molecule has 0 spiro atoms. The summed E-state index contributed by atoms with van der Waals surface area (Å²) in [5, 5.41) is 9.25. The van der Waals surface area contributed by atoms with E-state index in [2.05, 4.69) is 32.9 Å². The van der Waals surface area contributed by atoms with Crippen LogP contribution in [0.25, 0.3) is 0 Å². The van der Waals surface area contributed by atoms with Crippen LogP contribution in [0.2, 0.25) is 0 Å². The Bertz CT molecular complexity index is 348. The lowest BCUT2D eigenvalue weighted by atomic mass is 9.86. The van der Waals surface area contributed by atoms with Crippen molar-refractivity contribution in [3.05, 3.63) is 29.3 Å². The molecule has 1 aromatic carbocycles. The van der Waals surface area contributed by atoms with Crippen molar-refractivity contribution >= 4 is 0 Å². The molecule has 0 heterocycles. The van der Waals surface area contributed by atoms with Crippen molar-refractivity contribution in [3.8, 4) is 5.75 Å². The van der Waals surface area contributed by atoms with E-state index in [0.717, 1.165) is 5.75 Å². The van der Waals surface area contributed by atoms with E-state index < -0.39 is 6.10 Å². The number of aliphatic hydroxyl groups excluding tert-OH is 1. The quantitative estimate of drug-likeness (QED) is 0.851. The van der Waals surface area contributed by atoms with E-state index in [4.69, 9.17) is 4.74 Å². The fourth-order valence-corrected chi connectivity index (χ4v) is 1.58. The number of hydrogen-bond donors (Lipinski definition) is 1. The van der Waals surface area contributed by atoms with Crippen molar-refractivity contribution in [3.63, 3.8) is 0 Å². The van der Waals surface area contributed by atoms with Crippen LogP contribution in [0.4, 0.5) is 0 Å². The molecule has 0 unspecified atom stereocenters.